The molecule has 80 valence electrons. The van der Waals surface area contributed by atoms with Crippen molar-refractivity contribution in [2.45, 2.75) is 25.9 Å². The van der Waals surface area contributed by atoms with Gasteiger partial charge >= 0.3 is 6.18 Å². The zero-order valence-electron chi connectivity index (χ0n) is 7.90. The zero-order valence-corrected chi connectivity index (χ0v) is 7.90. The van der Waals surface area contributed by atoms with Crippen LogP contribution < -0.4 is 0 Å². The number of carbonyl (C=O) groups is 1. The van der Waals surface area contributed by atoms with Crippen molar-refractivity contribution in [1.82, 2.24) is 4.90 Å². The zero-order chi connectivity index (χ0) is 11.2. The molecule has 0 saturated heterocycles. The smallest absolute Gasteiger partial charge is 0.331 e. The van der Waals surface area contributed by atoms with Crippen LogP contribution >= 0.6 is 0 Å². The number of terminal acetylenes is 1. The maximum atomic E-state index is 11.8. The predicted octanol–water partition coefficient (Wildman–Crippen LogP) is 1.81. The van der Waals surface area contributed by atoms with E-state index in [2.05, 4.69) is 5.92 Å². The number of carbonyl (C=O) groups excluding carboxylic acids is 1. The van der Waals surface area contributed by atoms with Crippen molar-refractivity contribution >= 4 is 5.91 Å². The topological polar surface area (TPSA) is 20.3 Å². The van der Waals surface area contributed by atoms with Gasteiger partial charge in [-0.3, -0.25) is 4.79 Å². The second kappa shape index (κ2) is 5.53. The second-order valence-electron chi connectivity index (χ2n) is 2.81. The van der Waals surface area contributed by atoms with E-state index in [9.17, 15) is 18.0 Å². The molecule has 0 aromatic rings. The van der Waals surface area contributed by atoms with Crippen LogP contribution in [0.15, 0.2) is 0 Å². The van der Waals surface area contributed by atoms with E-state index in [1.54, 1.807) is 6.92 Å². The van der Waals surface area contributed by atoms with E-state index >= 15 is 0 Å². The number of hydrogen-bond acceptors (Lipinski definition) is 1. The lowest BCUT2D eigenvalue weighted by atomic mass is 10.3. The molecule has 2 nitrogen and oxygen atoms in total. The molecule has 5 heteroatoms. The fraction of sp³-hybridized carbons (Fsp3) is 0.667. The normalized spacial score (nSPS) is 10.8. The lowest BCUT2D eigenvalue weighted by Gasteiger charge is -2.19. The molecule has 0 aliphatic rings. The standard InChI is InChI=1S/C9H12F3NO/c1-3-5-13(6-4-2)8(14)7-9(10,11)12/h1H,4-7H2,2H3. The fourth-order valence-corrected chi connectivity index (χ4v) is 0.955. The number of amides is 1. The molecule has 0 radical (unpaired) electrons. The first kappa shape index (κ1) is 12.8. The van der Waals surface area contributed by atoms with Gasteiger partial charge in [-0.2, -0.15) is 13.2 Å². The summed E-state index contributed by atoms with van der Waals surface area (Å²) in [5.41, 5.74) is 0. The molecular formula is C9H12F3NO. The minimum Gasteiger partial charge on any atom is -0.331 e. The summed E-state index contributed by atoms with van der Waals surface area (Å²) in [6, 6.07) is 0. The summed E-state index contributed by atoms with van der Waals surface area (Å²) in [6.07, 6.45) is -0.372. The molecule has 0 heterocycles. The van der Waals surface area contributed by atoms with Crippen molar-refractivity contribution in [2.75, 3.05) is 13.1 Å². The Morgan fingerprint density at radius 2 is 2.07 bits per heavy atom. The molecule has 0 saturated carbocycles. The van der Waals surface area contributed by atoms with Crippen LogP contribution in [0.3, 0.4) is 0 Å². The first-order valence-electron chi connectivity index (χ1n) is 4.18. The van der Waals surface area contributed by atoms with Crippen LogP contribution in [0, 0.1) is 12.3 Å². The summed E-state index contributed by atoms with van der Waals surface area (Å²) >= 11 is 0. The van der Waals surface area contributed by atoms with Gasteiger partial charge in [0.15, 0.2) is 0 Å². The maximum absolute atomic E-state index is 11.8. The van der Waals surface area contributed by atoms with Crippen molar-refractivity contribution in [3.63, 3.8) is 0 Å². The Bertz CT molecular complexity index is 229. The van der Waals surface area contributed by atoms with Crippen LogP contribution in [0.5, 0.6) is 0 Å². The van der Waals surface area contributed by atoms with Crippen molar-refractivity contribution in [2.24, 2.45) is 0 Å². The highest BCUT2D eigenvalue weighted by molar-refractivity contribution is 5.77. The highest BCUT2D eigenvalue weighted by Crippen LogP contribution is 2.20. The van der Waals surface area contributed by atoms with Gasteiger partial charge in [0.1, 0.15) is 6.42 Å². The summed E-state index contributed by atoms with van der Waals surface area (Å²) in [4.78, 5) is 12.1. The maximum Gasteiger partial charge on any atom is 0.397 e. The van der Waals surface area contributed by atoms with Crippen molar-refractivity contribution in [3.8, 4) is 12.3 Å². The Morgan fingerprint density at radius 3 is 2.43 bits per heavy atom. The molecule has 0 rings (SSSR count). The molecule has 0 bridgehead atoms. The number of nitrogens with zero attached hydrogens (tertiary/aromatic N) is 1. The second-order valence-corrected chi connectivity index (χ2v) is 2.81. The third-order valence-corrected chi connectivity index (χ3v) is 1.48. The Morgan fingerprint density at radius 1 is 1.50 bits per heavy atom. The Hall–Kier alpha value is -1.18. The van der Waals surface area contributed by atoms with Gasteiger partial charge < -0.3 is 4.90 Å². The molecule has 0 aromatic heterocycles. The predicted molar refractivity (Wildman–Crippen MR) is 46.4 cm³/mol. The highest BCUT2D eigenvalue weighted by atomic mass is 19.4. The van der Waals surface area contributed by atoms with Gasteiger partial charge in [-0.15, -0.1) is 6.42 Å². The third-order valence-electron chi connectivity index (χ3n) is 1.48. The highest BCUT2D eigenvalue weighted by Gasteiger charge is 2.33. The number of alkyl halides is 3. The molecule has 0 N–H and O–H groups in total. The SMILES string of the molecule is C#CCN(CCC)C(=O)CC(F)(F)F. The molecule has 0 unspecified atom stereocenters. The molecule has 0 aliphatic carbocycles. The number of hydrogen-bond donors (Lipinski definition) is 0. The van der Waals surface area contributed by atoms with E-state index < -0.39 is 18.5 Å². The van der Waals surface area contributed by atoms with Gasteiger partial charge in [0.25, 0.3) is 0 Å². The number of rotatable bonds is 4. The van der Waals surface area contributed by atoms with Crippen molar-refractivity contribution in [1.29, 1.82) is 0 Å². The largest absolute Gasteiger partial charge is 0.397 e. The molecule has 0 fully saturated rings. The van der Waals surface area contributed by atoms with E-state index in [0.717, 1.165) is 4.90 Å². The first-order valence-corrected chi connectivity index (χ1v) is 4.18. The molecular weight excluding hydrogens is 195 g/mol. The van der Waals surface area contributed by atoms with Crippen LogP contribution in [-0.4, -0.2) is 30.1 Å². The third kappa shape index (κ3) is 5.46. The molecule has 0 aliphatic heterocycles. The van der Waals surface area contributed by atoms with Crippen LogP contribution in [-0.2, 0) is 4.79 Å². The Balaban J connectivity index is 4.23. The van der Waals surface area contributed by atoms with Gasteiger partial charge in [0, 0.05) is 6.54 Å². The van der Waals surface area contributed by atoms with E-state index in [0.29, 0.717) is 6.42 Å². The molecule has 14 heavy (non-hydrogen) atoms. The molecule has 0 aromatic carbocycles. The van der Waals surface area contributed by atoms with Crippen LogP contribution in [0.4, 0.5) is 13.2 Å². The van der Waals surface area contributed by atoms with Gasteiger partial charge in [-0.1, -0.05) is 12.8 Å². The lowest BCUT2D eigenvalue weighted by molar-refractivity contribution is -0.160. The quantitative estimate of drug-likeness (QED) is 0.644. The molecule has 0 atom stereocenters. The van der Waals surface area contributed by atoms with Crippen molar-refractivity contribution < 1.29 is 18.0 Å². The first-order chi connectivity index (χ1) is 6.40. The van der Waals surface area contributed by atoms with Crippen molar-refractivity contribution in [3.05, 3.63) is 0 Å². The lowest BCUT2D eigenvalue weighted by Crippen LogP contribution is -2.35. The van der Waals surface area contributed by atoms with Gasteiger partial charge in [-0.05, 0) is 6.42 Å². The Kier molecular flexibility index (Phi) is 5.06. The molecule has 1 amide bonds. The van der Waals surface area contributed by atoms with Gasteiger partial charge in [0.2, 0.25) is 5.91 Å². The summed E-state index contributed by atoms with van der Waals surface area (Å²) in [6.45, 7) is 1.96. The monoisotopic (exact) mass is 207 g/mol. The average Bonchev–Trinajstić information content (AvgIpc) is 2.01. The van der Waals surface area contributed by atoms with E-state index in [1.807, 2.05) is 0 Å². The minimum atomic E-state index is -4.46. The van der Waals surface area contributed by atoms with E-state index in [1.165, 1.54) is 0 Å². The summed E-state index contributed by atoms with van der Waals surface area (Å²) in [5.74, 6) is 1.20. The Labute approximate surface area is 81.1 Å². The summed E-state index contributed by atoms with van der Waals surface area (Å²) in [5, 5.41) is 0. The van der Waals surface area contributed by atoms with E-state index in [-0.39, 0.29) is 13.1 Å². The van der Waals surface area contributed by atoms with Crippen LogP contribution in [0.2, 0.25) is 0 Å². The van der Waals surface area contributed by atoms with Gasteiger partial charge in [0.05, 0.1) is 6.54 Å². The van der Waals surface area contributed by atoms with Crippen LogP contribution in [0.1, 0.15) is 19.8 Å². The average molecular weight is 207 g/mol. The van der Waals surface area contributed by atoms with Crippen LogP contribution in [0.25, 0.3) is 0 Å². The summed E-state index contributed by atoms with van der Waals surface area (Å²) in [7, 11) is 0. The van der Waals surface area contributed by atoms with E-state index in [4.69, 9.17) is 6.42 Å². The number of halogens is 3. The minimum absolute atomic E-state index is 0.0667. The van der Waals surface area contributed by atoms with Gasteiger partial charge in [-0.25, -0.2) is 0 Å². The fourth-order valence-electron chi connectivity index (χ4n) is 0.955. The summed E-state index contributed by atoms with van der Waals surface area (Å²) < 4.78 is 35.5. The molecule has 0 spiro atoms.